The Labute approximate surface area is 205 Å². The number of Topliss-reactive ketones (excluding diaryl/α,β-unsaturated/α-hetero) is 1. The van der Waals surface area contributed by atoms with Gasteiger partial charge < -0.3 is 19.5 Å². The first kappa shape index (κ1) is 22.9. The number of methoxy groups -OCH3 is 2. The number of para-hydroxylation sites is 1. The Morgan fingerprint density at radius 1 is 1.20 bits per heavy atom. The van der Waals surface area contributed by atoms with E-state index >= 15 is 0 Å². The van der Waals surface area contributed by atoms with Gasteiger partial charge in [-0.05, 0) is 23.8 Å². The van der Waals surface area contributed by atoms with Gasteiger partial charge >= 0.3 is 0 Å². The number of ketones is 2. The van der Waals surface area contributed by atoms with Crippen molar-refractivity contribution >= 4 is 28.9 Å². The molecule has 2 aliphatic rings. The summed E-state index contributed by atoms with van der Waals surface area (Å²) in [7, 11) is 4.56. The van der Waals surface area contributed by atoms with Gasteiger partial charge in [-0.2, -0.15) is 4.80 Å². The Morgan fingerprint density at radius 3 is 2.60 bits per heavy atom. The van der Waals surface area contributed by atoms with Gasteiger partial charge in [0, 0.05) is 35.0 Å². The summed E-state index contributed by atoms with van der Waals surface area (Å²) in [4.78, 5) is 28.5. The molecule has 0 bridgehead atoms. The van der Waals surface area contributed by atoms with Crippen molar-refractivity contribution in [1.29, 1.82) is 0 Å². The van der Waals surface area contributed by atoms with E-state index in [2.05, 4.69) is 20.7 Å². The summed E-state index contributed by atoms with van der Waals surface area (Å²) in [5.41, 5.74) is 0.475. The number of nitrogens with zero attached hydrogens (tertiary/aromatic N) is 4. The minimum Gasteiger partial charge on any atom is -0.496 e. The summed E-state index contributed by atoms with van der Waals surface area (Å²) in [6, 6.07) is 8.95. The summed E-state index contributed by atoms with van der Waals surface area (Å²) < 4.78 is 16.8. The first-order chi connectivity index (χ1) is 16.8. The Morgan fingerprint density at radius 2 is 1.94 bits per heavy atom. The van der Waals surface area contributed by atoms with E-state index in [1.165, 1.54) is 31.2 Å². The maximum Gasteiger partial charge on any atom is 0.236 e. The number of nitrogens with one attached hydrogen (secondary N) is 1. The quantitative estimate of drug-likeness (QED) is 0.531. The average Bonchev–Trinajstić information content (AvgIpc) is 3.41. The molecule has 1 N–H and O–H groups in total. The number of aryl methyl sites for hydroxylation is 1. The van der Waals surface area contributed by atoms with Crippen LogP contribution in [0.4, 0.5) is 5.69 Å². The van der Waals surface area contributed by atoms with Gasteiger partial charge in [0.05, 0.1) is 21.3 Å². The molecule has 2 heterocycles. The number of carbonyl (C=O) groups excluding carboxylic acids is 2. The number of ether oxygens (including phenoxy) is 3. The molecule has 3 aromatic rings. The molecule has 1 spiro atoms. The first-order valence-corrected chi connectivity index (χ1v) is 11.2. The van der Waals surface area contributed by atoms with Crippen LogP contribution in [0, 0.1) is 5.92 Å². The molecule has 0 saturated heterocycles. The number of tetrazole rings is 1. The van der Waals surface area contributed by atoms with E-state index in [0.29, 0.717) is 23.6 Å². The van der Waals surface area contributed by atoms with Crippen molar-refractivity contribution in [1.82, 2.24) is 20.2 Å². The van der Waals surface area contributed by atoms with Crippen molar-refractivity contribution in [3.05, 3.63) is 52.7 Å². The number of halogens is 1. The number of carbonyl (C=O) groups is 2. The van der Waals surface area contributed by atoms with Gasteiger partial charge in [-0.25, -0.2) is 0 Å². The molecule has 5 rings (SSSR count). The normalized spacial score (nSPS) is 20.9. The zero-order chi connectivity index (χ0) is 24.9. The predicted octanol–water partition coefficient (Wildman–Crippen LogP) is 3.47. The molecule has 0 saturated carbocycles. The highest BCUT2D eigenvalue weighted by molar-refractivity contribution is 6.36. The van der Waals surface area contributed by atoms with Gasteiger partial charge in [-0.15, -0.1) is 10.2 Å². The molecule has 1 aliphatic heterocycles. The van der Waals surface area contributed by atoms with Gasteiger partial charge in [0.1, 0.15) is 22.1 Å². The summed E-state index contributed by atoms with van der Waals surface area (Å²) >= 11 is 6.44. The van der Waals surface area contributed by atoms with Crippen LogP contribution in [0.2, 0.25) is 5.02 Å². The van der Waals surface area contributed by atoms with Gasteiger partial charge in [0.15, 0.2) is 5.75 Å². The van der Waals surface area contributed by atoms with E-state index in [9.17, 15) is 9.59 Å². The summed E-state index contributed by atoms with van der Waals surface area (Å²) in [5.74, 6) is -0.397. The van der Waals surface area contributed by atoms with Gasteiger partial charge in [-0.1, -0.05) is 30.7 Å². The van der Waals surface area contributed by atoms with Crippen LogP contribution in [-0.4, -0.2) is 51.6 Å². The lowest BCUT2D eigenvalue weighted by molar-refractivity contribution is -0.129. The standard InChI is InChI=1S/C24H22ClN5O5/c1-12-9-13(26-15-8-6-5-7-14(15)23-27-29-30(2)28-23)10-18(31)24(12)22(32)19-16(33-3)11-17(34-4)20(25)21(19)35-24/h5-8,10-12,26H,9H2,1-4H3. The van der Waals surface area contributed by atoms with Gasteiger partial charge in [-0.3, -0.25) is 9.59 Å². The van der Waals surface area contributed by atoms with Crippen LogP contribution < -0.4 is 19.5 Å². The second-order valence-electron chi connectivity index (χ2n) is 8.38. The third kappa shape index (κ3) is 3.44. The number of fused-ring (bicyclic) bond motifs is 1. The smallest absolute Gasteiger partial charge is 0.236 e. The Hall–Kier alpha value is -3.92. The molecule has 11 heteroatoms. The number of aromatic nitrogens is 4. The van der Waals surface area contributed by atoms with Crippen molar-refractivity contribution in [2.75, 3.05) is 19.5 Å². The lowest BCUT2D eigenvalue weighted by Gasteiger charge is -2.35. The minimum atomic E-state index is -1.73. The molecule has 0 fully saturated rings. The molecular formula is C24H22ClN5O5. The number of hydrogen-bond donors (Lipinski definition) is 1. The van der Waals surface area contributed by atoms with Gasteiger partial charge in [0.25, 0.3) is 0 Å². The lowest BCUT2D eigenvalue weighted by atomic mass is 9.74. The lowest BCUT2D eigenvalue weighted by Crippen LogP contribution is -2.55. The number of rotatable bonds is 5. The summed E-state index contributed by atoms with van der Waals surface area (Å²) in [5, 5.41) is 15.6. The molecule has 2 aromatic carbocycles. The van der Waals surface area contributed by atoms with Crippen LogP contribution in [-0.2, 0) is 11.8 Å². The zero-order valence-electron chi connectivity index (χ0n) is 19.5. The molecule has 2 unspecified atom stereocenters. The average molecular weight is 496 g/mol. The third-order valence-corrected chi connectivity index (χ3v) is 6.64. The molecule has 1 aromatic heterocycles. The van der Waals surface area contributed by atoms with E-state index in [0.717, 1.165) is 5.56 Å². The minimum absolute atomic E-state index is 0.0944. The first-order valence-electron chi connectivity index (χ1n) is 10.8. The molecular weight excluding hydrogens is 474 g/mol. The van der Waals surface area contributed by atoms with Gasteiger partial charge in [0.2, 0.25) is 23.0 Å². The van der Waals surface area contributed by atoms with E-state index in [4.69, 9.17) is 25.8 Å². The van der Waals surface area contributed by atoms with Crippen LogP contribution in [0.5, 0.6) is 17.2 Å². The molecule has 0 radical (unpaired) electrons. The molecule has 180 valence electrons. The van der Waals surface area contributed by atoms with Crippen molar-refractivity contribution < 1.29 is 23.8 Å². The highest BCUT2D eigenvalue weighted by atomic mass is 35.5. The highest BCUT2D eigenvalue weighted by Gasteiger charge is 2.60. The van der Waals surface area contributed by atoms with Crippen molar-refractivity contribution in [2.45, 2.75) is 18.9 Å². The maximum absolute atomic E-state index is 13.6. The second-order valence-corrected chi connectivity index (χ2v) is 8.76. The largest absolute Gasteiger partial charge is 0.496 e. The van der Waals surface area contributed by atoms with Crippen LogP contribution in [0.3, 0.4) is 0 Å². The van der Waals surface area contributed by atoms with E-state index < -0.39 is 23.1 Å². The topological polar surface area (TPSA) is 117 Å². The molecule has 1 aliphatic carbocycles. The van der Waals surface area contributed by atoms with Crippen molar-refractivity contribution in [3.8, 4) is 28.6 Å². The monoisotopic (exact) mass is 495 g/mol. The number of allylic oxidation sites excluding steroid dienone is 1. The van der Waals surface area contributed by atoms with Crippen LogP contribution >= 0.6 is 11.6 Å². The molecule has 0 amide bonds. The molecule has 35 heavy (non-hydrogen) atoms. The van der Waals surface area contributed by atoms with Crippen molar-refractivity contribution in [2.24, 2.45) is 13.0 Å². The van der Waals surface area contributed by atoms with Crippen LogP contribution in [0.15, 0.2) is 42.1 Å². The number of hydrogen-bond acceptors (Lipinski definition) is 9. The fourth-order valence-electron chi connectivity index (χ4n) is 4.57. The van der Waals surface area contributed by atoms with Crippen LogP contribution in [0.1, 0.15) is 23.7 Å². The summed E-state index contributed by atoms with van der Waals surface area (Å²) in [6.07, 6.45) is 1.77. The maximum atomic E-state index is 13.6. The zero-order valence-corrected chi connectivity index (χ0v) is 20.2. The van der Waals surface area contributed by atoms with E-state index in [1.807, 2.05) is 24.3 Å². The highest BCUT2D eigenvalue weighted by Crippen LogP contribution is 2.53. The molecule has 10 nitrogen and oxygen atoms in total. The number of anilines is 1. The Kier molecular flexibility index (Phi) is 5.47. The Bertz CT molecular complexity index is 1400. The fraction of sp³-hybridized carbons (Fsp3) is 0.292. The van der Waals surface area contributed by atoms with Crippen molar-refractivity contribution in [3.63, 3.8) is 0 Å². The van der Waals surface area contributed by atoms with E-state index in [1.54, 1.807) is 14.0 Å². The summed E-state index contributed by atoms with van der Waals surface area (Å²) in [6.45, 7) is 1.80. The van der Waals surface area contributed by atoms with Crippen LogP contribution in [0.25, 0.3) is 11.4 Å². The third-order valence-electron chi connectivity index (χ3n) is 6.28. The SMILES string of the molecule is COc1cc(OC)c2c(c1Cl)OC1(C(=O)C=C(Nc3ccccc3-c3nnn(C)n3)CC1C)C2=O. The molecule has 2 atom stereocenters. The Balaban J connectivity index is 1.50. The fourth-order valence-corrected chi connectivity index (χ4v) is 4.83. The predicted molar refractivity (Wildman–Crippen MR) is 127 cm³/mol. The number of benzene rings is 2. The second kappa shape index (κ2) is 8.38. The van der Waals surface area contributed by atoms with E-state index in [-0.39, 0.29) is 27.8 Å².